The number of hydrogen-bond acceptors (Lipinski definition) is 4. The Bertz CT molecular complexity index is 151. The molecular formula is C8H17NO3. The minimum atomic E-state index is -1.04. The van der Waals surface area contributed by atoms with Gasteiger partial charge in [-0.3, -0.25) is 0 Å². The quantitative estimate of drug-likeness (QED) is 0.559. The second kappa shape index (κ2) is 3.70. The number of likely N-dealkylation sites (N-methyl/N-ethyl adjacent to an activating group) is 1. The zero-order valence-corrected chi connectivity index (χ0v) is 7.77. The Morgan fingerprint density at radius 1 is 1.33 bits per heavy atom. The van der Waals surface area contributed by atoms with Crippen LogP contribution < -0.4 is 0 Å². The predicted octanol–water partition coefficient (Wildman–Crippen LogP) is -0.595. The summed E-state index contributed by atoms with van der Waals surface area (Å²) in [6.45, 7) is 1.89. The molecule has 0 aromatic rings. The summed E-state index contributed by atoms with van der Waals surface area (Å²) in [4.78, 5) is 1.91. The summed E-state index contributed by atoms with van der Waals surface area (Å²) in [5, 5.41) is 18.8. The van der Waals surface area contributed by atoms with E-state index in [1.807, 2.05) is 25.9 Å². The highest BCUT2D eigenvalue weighted by Gasteiger charge is 2.35. The van der Waals surface area contributed by atoms with Crippen LogP contribution in [-0.4, -0.2) is 53.7 Å². The molecule has 0 amide bonds. The zero-order valence-electron chi connectivity index (χ0n) is 7.77. The van der Waals surface area contributed by atoms with Crippen molar-refractivity contribution in [1.29, 1.82) is 0 Å². The Hall–Kier alpha value is -0.160. The van der Waals surface area contributed by atoms with Crippen LogP contribution in [0.4, 0.5) is 0 Å². The molecular weight excluding hydrogens is 158 g/mol. The smallest absolute Gasteiger partial charge is 0.182 e. The lowest BCUT2D eigenvalue weighted by Gasteiger charge is -2.38. The molecule has 0 aromatic heterocycles. The van der Waals surface area contributed by atoms with Gasteiger partial charge in [0.1, 0.15) is 6.10 Å². The van der Waals surface area contributed by atoms with Crippen molar-refractivity contribution < 1.29 is 14.9 Å². The van der Waals surface area contributed by atoms with E-state index in [1.54, 1.807) is 0 Å². The van der Waals surface area contributed by atoms with Crippen LogP contribution in [0.3, 0.4) is 0 Å². The van der Waals surface area contributed by atoms with Gasteiger partial charge in [0.25, 0.3) is 0 Å². The fraction of sp³-hybridized carbons (Fsp3) is 1.00. The van der Waals surface area contributed by atoms with E-state index < -0.39 is 12.4 Å². The van der Waals surface area contributed by atoms with E-state index in [-0.39, 0.29) is 12.1 Å². The Labute approximate surface area is 72.7 Å². The van der Waals surface area contributed by atoms with Crippen LogP contribution in [0.15, 0.2) is 0 Å². The molecule has 0 saturated carbocycles. The van der Waals surface area contributed by atoms with Crippen LogP contribution in [0.5, 0.6) is 0 Å². The highest BCUT2D eigenvalue weighted by molar-refractivity contribution is 4.84. The fourth-order valence-electron chi connectivity index (χ4n) is 1.56. The first kappa shape index (κ1) is 9.92. The van der Waals surface area contributed by atoms with E-state index in [0.717, 1.165) is 6.42 Å². The lowest BCUT2D eigenvalue weighted by Crippen LogP contribution is -2.53. The number of hydrogen-bond donors (Lipinski definition) is 2. The molecule has 72 valence electrons. The van der Waals surface area contributed by atoms with Crippen LogP contribution in [0.2, 0.25) is 0 Å². The summed E-state index contributed by atoms with van der Waals surface area (Å²) < 4.78 is 5.06. The second-order valence-electron chi connectivity index (χ2n) is 3.59. The zero-order chi connectivity index (χ0) is 9.30. The number of ether oxygens (including phenoxy) is 1. The van der Waals surface area contributed by atoms with Gasteiger partial charge in [-0.25, -0.2) is 0 Å². The predicted molar refractivity (Wildman–Crippen MR) is 44.7 cm³/mol. The van der Waals surface area contributed by atoms with E-state index in [2.05, 4.69) is 0 Å². The standard InChI is InChI=1S/C8H17NO3/c1-5-4-6(9(2)3)7(10)8(11)12-5/h5-8,10-11H,4H2,1-3H3/t5?,6-,7+,8+/m0/s1. The SMILES string of the molecule is CC1C[C@H](N(C)C)[C@@H](O)[C@H](O)O1. The van der Waals surface area contributed by atoms with Crippen LogP contribution in [0, 0.1) is 0 Å². The summed E-state index contributed by atoms with van der Waals surface area (Å²) in [5.41, 5.74) is 0. The van der Waals surface area contributed by atoms with Crippen molar-refractivity contribution in [3.05, 3.63) is 0 Å². The first-order valence-electron chi connectivity index (χ1n) is 4.20. The first-order valence-corrected chi connectivity index (χ1v) is 4.20. The largest absolute Gasteiger partial charge is 0.386 e. The van der Waals surface area contributed by atoms with Crippen molar-refractivity contribution in [2.45, 2.75) is 37.9 Å². The topological polar surface area (TPSA) is 52.9 Å². The molecule has 1 fully saturated rings. The van der Waals surface area contributed by atoms with Gasteiger partial charge in [0.15, 0.2) is 6.29 Å². The lowest BCUT2D eigenvalue weighted by atomic mass is 9.99. The van der Waals surface area contributed by atoms with E-state index in [4.69, 9.17) is 4.74 Å². The normalized spacial score (nSPS) is 43.5. The van der Waals surface area contributed by atoms with Gasteiger partial charge in [-0.15, -0.1) is 0 Å². The maximum atomic E-state index is 9.51. The summed E-state index contributed by atoms with van der Waals surface area (Å²) in [6.07, 6.45) is -1.07. The van der Waals surface area contributed by atoms with E-state index in [0.29, 0.717) is 0 Å². The average Bonchev–Trinajstić information content (AvgIpc) is 1.96. The first-order chi connectivity index (χ1) is 5.52. The summed E-state index contributed by atoms with van der Waals surface area (Å²) in [6, 6.07) is -0.0104. The minimum Gasteiger partial charge on any atom is -0.386 e. The van der Waals surface area contributed by atoms with Crippen LogP contribution >= 0.6 is 0 Å². The summed E-state index contributed by atoms with van der Waals surface area (Å²) in [5.74, 6) is 0. The van der Waals surface area contributed by atoms with Crippen LogP contribution in [0.1, 0.15) is 13.3 Å². The monoisotopic (exact) mass is 175 g/mol. The number of rotatable bonds is 1. The molecule has 1 saturated heterocycles. The minimum absolute atomic E-state index is 0.01000. The number of nitrogens with zero attached hydrogens (tertiary/aromatic N) is 1. The Balaban J connectivity index is 2.60. The van der Waals surface area contributed by atoms with Crippen LogP contribution in [-0.2, 0) is 4.74 Å². The fourth-order valence-corrected chi connectivity index (χ4v) is 1.56. The van der Waals surface area contributed by atoms with Gasteiger partial charge in [0, 0.05) is 6.04 Å². The molecule has 4 atom stereocenters. The maximum absolute atomic E-state index is 9.51. The maximum Gasteiger partial charge on any atom is 0.182 e. The van der Waals surface area contributed by atoms with Crippen LogP contribution in [0.25, 0.3) is 0 Å². The molecule has 12 heavy (non-hydrogen) atoms. The molecule has 0 spiro atoms. The van der Waals surface area contributed by atoms with Crippen molar-refractivity contribution in [3.8, 4) is 0 Å². The van der Waals surface area contributed by atoms with Crippen molar-refractivity contribution in [2.75, 3.05) is 14.1 Å². The van der Waals surface area contributed by atoms with Crippen molar-refractivity contribution in [1.82, 2.24) is 4.90 Å². The van der Waals surface area contributed by atoms with E-state index in [9.17, 15) is 10.2 Å². The summed E-state index contributed by atoms with van der Waals surface area (Å²) in [7, 11) is 3.78. The lowest BCUT2D eigenvalue weighted by molar-refractivity contribution is -0.230. The highest BCUT2D eigenvalue weighted by atomic mass is 16.6. The Morgan fingerprint density at radius 3 is 2.42 bits per heavy atom. The molecule has 0 aromatic carbocycles. The van der Waals surface area contributed by atoms with Gasteiger partial charge < -0.3 is 19.8 Å². The highest BCUT2D eigenvalue weighted by Crippen LogP contribution is 2.21. The number of aliphatic hydroxyl groups is 2. The molecule has 0 bridgehead atoms. The van der Waals surface area contributed by atoms with Crippen molar-refractivity contribution >= 4 is 0 Å². The summed E-state index contributed by atoms with van der Waals surface area (Å²) >= 11 is 0. The van der Waals surface area contributed by atoms with Crippen molar-refractivity contribution in [3.63, 3.8) is 0 Å². The van der Waals surface area contributed by atoms with E-state index in [1.165, 1.54) is 0 Å². The molecule has 1 aliphatic heterocycles. The number of aliphatic hydroxyl groups excluding tert-OH is 2. The molecule has 2 N–H and O–H groups in total. The van der Waals surface area contributed by atoms with E-state index >= 15 is 0 Å². The molecule has 4 heteroatoms. The van der Waals surface area contributed by atoms with Gasteiger partial charge in [-0.2, -0.15) is 0 Å². The second-order valence-corrected chi connectivity index (χ2v) is 3.59. The average molecular weight is 175 g/mol. The molecule has 0 radical (unpaired) electrons. The van der Waals surface area contributed by atoms with Crippen molar-refractivity contribution in [2.24, 2.45) is 0 Å². The Morgan fingerprint density at radius 2 is 1.92 bits per heavy atom. The van der Waals surface area contributed by atoms with Gasteiger partial charge in [-0.05, 0) is 27.4 Å². The molecule has 1 aliphatic rings. The third-order valence-corrected chi connectivity index (χ3v) is 2.29. The van der Waals surface area contributed by atoms with Gasteiger partial charge in [0.2, 0.25) is 0 Å². The molecule has 0 aliphatic carbocycles. The molecule has 1 heterocycles. The third kappa shape index (κ3) is 1.95. The molecule has 1 unspecified atom stereocenters. The van der Waals surface area contributed by atoms with Gasteiger partial charge in [0.05, 0.1) is 6.10 Å². The molecule has 1 rings (SSSR count). The van der Waals surface area contributed by atoms with Gasteiger partial charge in [-0.1, -0.05) is 0 Å². The molecule has 4 nitrogen and oxygen atoms in total. The third-order valence-electron chi connectivity index (χ3n) is 2.29. The van der Waals surface area contributed by atoms with Gasteiger partial charge >= 0.3 is 0 Å². The Kier molecular flexibility index (Phi) is 3.06.